The Labute approximate surface area is 167 Å². The van der Waals surface area contributed by atoms with Crippen LogP contribution in [0.1, 0.15) is 34.5 Å². The molecule has 0 aliphatic carbocycles. The van der Waals surface area contributed by atoms with E-state index in [1.807, 2.05) is 25.1 Å². The maximum absolute atomic E-state index is 11.8. The summed E-state index contributed by atoms with van der Waals surface area (Å²) in [7, 11) is 0. The fourth-order valence-corrected chi connectivity index (χ4v) is 4.23. The summed E-state index contributed by atoms with van der Waals surface area (Å²) in [5, 5.41) is 11.2. The van der Waals surface area contributed by atoms with Gasteiger partial charge in [-0.15, -0.1) is 0 Å². The highest BCUT2D eigenvalue weighted by molar-refractivity contribution is 6.36. The minimum absolute atomic E-state index is 0.0317. The number of aromatic nitrogens is 3. The molecule has 28 heavy (non-hydrogen) atoms. The number of anilines is 1. The van der Waals surface area contributed by atoms with E-state index in [0.29, 0.717) is 22.9 Å². The van der Waals surface area contributed by atoms with Crippen LogP contribution in [0.2, 0.25) is 5.02 Å². The third kappa shape index (κ3) is 2.86. The fourth-order valence-electron chi connectivity index (χ4n) is 3.97. The third-order valence-corrected chi connectivity index (χ3v) is 5.87. The predicted octanol–water partition coefficient (Wildman–Crippen LogP) is 3.21. The van der Waals surface area contributed by atoms with Crippen molar-refractivity contribution in [2.45, 2.75) is 32.4 Å². The maximum atomic E-state index is 11.8. The molecular formula is C20H20ClN5O2. The average molecular weight is 398 g/mol. The highest BCUT2D eigenvalue weighted by atomic mass is 35.5. The van der Waals surface area contributed by atoms with Crippen LogP contribution in [0, 0.1) is 6.92 Å². The van der Waals surface area contributed by atoms with Gasteiger partial charge in [0.1, 0.15) is 17.7 Å². The molecule has 3 aromatic rings. The first-order valence-electron chi connectivity index (χ1n) is 9.42. The molecule has 144 valence electrons. The number of halogens is 1. The van der Waals surface area contributed by atoms with E-state index in [4.69, 9.17) is 21.3 Å². The molecule has 0 bridgehead atoms. The number of carbonyl (C=O) groups is 1. The molecular weight excluding hydrogens is 378 g/mol. The van der Waals surface area contributed by atoms with Crippen molar-refractivity contribution in [2.24, 2.45) is 0 Å². The SMILES string of the molecule is Cc1cc2c(nc1N1CCC(Oc3ccc4[nH]ncc4c3Cl)CC1)CNC2=O. The number of hydrogen-bond donors (Lipinski definition) is 2. The summed E-state index contributed by atoms with van der Waals surface area (Å²) in [4.78, 5) is 18.8. The first-order chi connectivity index (χ1) is 13.6. The summed E-state index contributed by atoms with van der Waals surface area (Å²) < 4.78 is 6.19. The number of ether oxygens (including phenoxy) is 1. The lowest BCUT2D eigenvalue weighted by Gasteiger charge is -2.34. The summed E-state index contributed by atoms with van der Waals surface area (Å²) >= 11 is 6.47. The van der Waals surface area contributed by atoms with Crippen LogP contribution >= 0.6 is 11.6 Å². The molecule has 1 aromatic carbocycles. The fraction of sp³-hybridized carbons (Fsp3) is 0.350. The number of nitrogens with one attached hydrogen (secondary N) is 2. The Kier molecular flexibility index (Phi) is 4.12. The van der Waals surface area contributed by atoms with Crippen molar-refractivity contribution < 1.29 is 9.53 Å². The van der Waals surface area contributed by atoms with Gasteiger partial charge < -0.3 is 15.0 Å². The zero-order valence-corrected chi connectivity index (χ0v) is 16.2. The van der Waals surface area contributed by atoms with Crippen LogP contribution in [-0.2, 0) is 6.54 Å². The number of carbonyl (C=O) groups excluding carboxylic acids is 1. The second kappa shape index (κ2) is 6.67. The molecule has 4 heterocycles. The lowest BCUT2D eigenvalue weighted by Crippen LogP contribution is -2.39. The summed E-state index contributed by atoms with van der Waals surface area (Å²) in [6.45, 7) is 4.22. The van der Waals surface area contributed by atoms with Gasteiger partial charge in [-0.2, -0.15) is 5.10 Å². The van der Waals surface area contributed by atoms with Crippen molar-refractivity contribution in [3.8, 4) is 5.75 Å². The molecule has 1 fully saturated rings. The number of aromatic amines is 1. The Morgan fingerprint density at radius 1 is 1.29 bits per heavy atom. The van der Waals surface area contributed by atoms with Gasteiger partial charge in [0.2, 0.25) is 0 Å². The van der Waals surface area contributed by atoms with Crippen LogP contribution in [0.4, 0.5) is 5.82 Å². The average Bonchev–Trinajstić information content (AvgIpc) is 3.32. The molecule has 0 atom stereocenters. The zero-order chi connectivity index (χ0) is 19.3. The largest absolute Gasteiger partial charge is 0.489 e. The third-order valence-electron chi connectivity index (χ3n) is 5.48. The van der Waals surface area contributed by atoms with E-state index >= 15 is 0 Å². The maximum Gasteiger partial charge on any atom is 0.253 e. The van der Waals surface area contributed by atoms with E-state index in [0.717, 1.165) is 53.9 Å². The van der Waals surface area contributed by atoms with E-state index in [1.54, 1.807) is 6.20 Å². The number of benzene rings is 1. The number of pyridine rings is 1. The molecule has 1 saturated heterocycles. The molecule has 8 heteroatoms. The van der Waals surface area contributed by atoms with Crippen molar-refractivity contribution in [1.82, 2.24) is 20.5 Å². The van der Waals surface area contributed by atoms with Gasteiger partial charge in [0.05, 0.1) is 34.5 Å². The minimum Gasteiger partial charge on any atom is -0.489 e. The topological polar surface area (TPSA) is 83.1 Å². The van der Waals surface area contributed by atoms with Crippen molar-refractivity contribution >= 4 is 34.2 Å². The lowest BCUT2D eigenvalue weighted by atomic mass is 10.1. The molecule has 2 aliphatic rings. The summed E-state index contributed by atoms with van der Waals surface area (Å²) in [5.41, 5.74) is 3.47. The second-order valence-corrected chi connectivity index (χ2v) is 7.70. The molecule has 2 aliphatic heterocycles. The minimum atomic E-state index is -0.0317. The molecule has 2 N–H and O–H groups in total. The van der Waals surface area contributed by atoms with Crippen LogP contribution in [0.3, 0.4) is 0 Å². The molecule has 7 nitrogen and oxygen atoms in total. The lowest BCUT2D eigenvalue weighted by molar-refractivity contribution is 0.0965. The summed E-state index contributed by atoms with van der Waals surface area (Å²) in [6, 6.07) is 5.78. The number of nitrogens with zero attached hydrogens (tertiary/aromatic N) is 3. The van der Waals surface area contributed by atoms with Gasteiger partial charge in [-0.25, -0.2) is 4.98 Å². The van der Waals surface area contributed by atoms with Gasteiger partial charge >= 0.3 is 0 Å². The van der Waals surface area contributed by atoms with Crippen LogP contribution in [0.25, 0.3) is 10.9 Å². The Bertz CT molecular complexity index is 1070. The van der Waals surface area contributed by atoms with Gasteiger partial charge in [0.25, 0.3) is 5.91 Å². The Balaban J connectivity index is 1.29. The normalized spacial score (nSPS) is 17.1. The number of fused-ring (bicyclic) bond motifs is 2. The van der Waals surface area contributed by atoms with Crippen LogP contribution < -0.4 is 15.0 Å². The van der Waals surface area contributed by atoms with Gasteiger partial charge in [-0.3, -0.25) is 9.89 Å². The quantitative estimate of drug-likeness (QED) is 0.709. The van der Waals surface area contributed by atoms with Gasteiger partial charge in [0, 0.05) is 31.3 Å². The van der Waals surface area contributed by atoms with Crippen LogP contribution in [0.5, 0.6) is 5.75 Å². The van der Waals surface area contributed by atoms with Crippen molar-refractivity contribution in [2.75, 3.05) is 18.0 Å². The number of rotatable bonds is 3. The highest BCUT2D eigenvalue weighted by Crippen LogP contribution is 2.34. The van der Waals surface area contributed by atoms with E-state index in [1.165, 1.54) is 0 Å². The zero-order valence-electron chi connectivity index (χ0n) is 15.5. The first-order valence-corrected chi connectivity index (χ1v) is 9.80. The van der Waals surface area contributed by atoms with Crippen LogP contribution in [0.15, 0.2) is 24.4 Å². The van der Waals surface area contributed by atoms with Gasteiger partial charge in [0.15, 0.2) is 0 Å². The molecule has 1 amide bonds. The molecule has 0 radical (unpaired) electrons. The predicted molar refractivity (Wildman–Crippen MR) is 107 cm³/mol. The number of hydrogen-bond acceptors (Lipinski definition) is 5. The van der Waals surface area contributed by atoms with E-state index in [2.05, 4.69) is 20.4 Å². The monoisotopic (exact) mass is 397 g/mol. The van der Waals surface area contributed by atoms with Crippen molar-refractivity contribution in [1.29, 1.82) is 0 Å². The molecule has 0 unspecified atom stereocenters. The Morgan fingerprint density at radius 3 is 2.93 bits per heavy atom. The summed E-state index contributed by atoms with van der Waals surface area (Å²) in [5.74, 6) is 1.63. The van der Waals surface area contributed by atoms with Crippen molar-refractivity contribution in [3.05, 3.63) is 46.2 Å². The number of H-pyrrole nitrogens is 1. The standard InChI is InChI=1S/C20H20ClN5O2/c1-11-8-13-16(10-22-20(13)27)24-19(11)26-6-4-12(5-7-26)28-17-3-2-15-14(18(17)21)9-23-25-15/h2-3,8-9,12H,4-7,10H2,1H3,(H,22,27)(H,23,25). The second-order valence-electron chi connectivity index (χ2n) is 7.32. The summed E-state index contributed by atoms with van der Waals surface area (Å²) in [6.07, 6.45) is 3.59. The molecule has 0 spiro atoms. The molecule has 2 aromatic heterocycles. The van der Waals surface area contributed by atoms with Gasteiger partial charge in [-0.05, 0) is 30.7 Å². The van der Waals surface area contributed by atoms with E-state index in [-0.39, 0.29) is 12.0 Å². The first kappa shape index (κ1) is 17.3. The molecule has 0 saturated carbocycles. The van der Waals surface area contributed by atoms with E-state index < -0.39 is 0 Å². The number of piperidine rings is 1. The number of amides is 1. The Hall–Kier alpha value is -2.80. The highest BCUT2D eigenvalue weighted by Gasteiger charge is 2.27. The smallest absolute Gasteiger partial charge is 0.253 e. The molecule has 5 rings (SSSR count). The van der Waals surface area contributed by atoms with Gasteiger partial charge in [-0.1, -0.05) is 11.6 Å². The van der Waals surface area contributed by atoms with Crippen molar-refractivity contribution in [3.63, 3.8) is 0 Å². The van der Waals surface area contributed by atoms with Crippen LogP contribution in [-0.4, -0.2) is 40.3 Å². The Morgan fingerprint density at radius 2 is 2.11 bits per heavy atom. The van der Waals surface area contributed by atoms with E-state index in [9.17, 15) is 4.79 Å². The number of aryl methyl sites for hydroxylation is 1.